The van der Waals surface area contributed by atoms with Crippen LogP contribution in [-0.2, 0) is 21.5 Å². The van der Waals surface area contributed by atoms with Crippen molar-refractivity contribution in [2.45, 2.75) is 52.6 Å². The number of hydrogen-bond donors (Lipinski definition) is 0. The molecule has 140 valence electrons. The van der Waals surface area contributed by atoms with Crippen molar-refractivity contribution in [3.8, 4) is 11.5 Å². The topological polar surface area (TPSA) is 72.9 Å². The maximum absolute atomic E-state index is 12.6. The number of ether oxygens (including phenoxy) is 1. The number of benzene rings is 1. The molecule has 0 aliphatic heterocycles. The Labute approximate surface area is 150 Å². The second-order valence-corrected chi connectivity index (χ2v) is 8.27. The number of methoxy groups -OCH3 is 1. The molecule has 6 nitrogen and oxygen atoms in total. The van der Waals surface area contributed by atoms with E-state index in [1.54, 1.807) is 12.1 Å². The van der Waals surface area contributed by atoms with E-state index in [9.17, 15) is 13.2 Å². The number of carbonyl (C=O) groups is 1. The van der Waals surface area contributed by atoms with Gasteiger partial charge in [-0.25, -0.2) is 0 Å². The van der Waals surface area contributed by atoms with E-state index in [4.69, 9.17) is 8.92 Å². The molecule has 2 rings (SSSR count). The van der Waals surface area contributed by atoms with Crippen molar-refractivity contribution in [2.24, 2.45) is 5.92 Å². The first-order valence-corrected chi connectivity index (χ1v) is 10.3. The maximum Gasteiger partial charge on any atom is 0.309 e. The molecule has 25 heavy (non-hydrogen) atoms. The van der Waals surface area contributed by atoms with Crippen molar-refractivity contribution in [1.82, 2.24) is 4.90 Å². The summed E-state index contributed by atoms with van der Waals surface area (Å²) >= 11 is 0. The highest BCUT2D eigenvalue weighted by Crippen LogP contribution is 2.34. The number of nitrogens with zero attached hydrogens (tertiary/aromatic N) is 1. The quantitative estimate of drug-likeness (QED) is 0.626. The Bertz CT molecular complexity index is 712. The molecular weight excluding hydrogens is 342 g/mol. The molecule has 0 aromatic heterocycles. The van der Waals surface area contributed by atoms with Gasteiger partial charge in [-0.1, -0.05) is 13.0 Å². The molecule has 7 heteroatoms. The SMILES string of the molecule is CCC(C)N(Cc1ccc(OC)c(OS(=O)(=O)CC)c1)C(=O)C1CC1. The summed E-state index contributed by atoms with van der Waals surface area (Å²) in [5.41, 5.74) is 0.816. The van der Waals surface area contributed by atoms with Gasteiger partial charge >= 0.3 is 10.1 Å². The number of carbonyl (C=O) groups excluding carboxylic acids is 1. The van der Waals surface area contributed by atoms with Crippen LogP contribution in [-0.4, -0.2) is 38.1 Å². The zero-order valence-electron chi connectivity index (χ0n) is 15.3. The number of hydrogen-bond acceptors (Lipinski definition) is 5. The summed E-state index contributed by atoms with van der Waals surface area (Å²) in [6.45, 7) is 6.03. The van der Waals surface area contributed by atoms with Gasteiger partial charge in [0.1, 0.15) is 0 Å². The second kappa shape index (κ2) is 8.08. The zero-order chi connectivity index (χ0) is 18.6. The molecule has 1 aromatic carbocycles. The van der Waals surface area contributed by atoms with E-state index in [-0.39, 0.29) is 29.4 Å². The summed E-state index contributed by atoms with van der Waals surface area (Å²) in [5, 5.41) is 0. The molecule has 1 fully saturated rings. The van der Waals surface area contributed by atoms with Crippen LogP contribution in [0.5, 0.6) is 11.5 Å². The van der Waals surface area contributed by atoms with Gasteiger partial charge in [0.25, 0.3) is 0 Å². The fourth-order valence-electron chi connectivity index (χ4n) is 2.51. The molecule has 1 aliphatic rings. The molecule has 0 heterocycles. The summed E-state index contributed by atoms with van der Waals surface area (Å²) in [4.78, 5) is 14.4. The molecule has 0 saturated heterocycles. The van der Waals surface area contributed by atoms with Gasteiger partial charge in [-0.05, 0) is 50.8 Å². The monoisotopic (exact) mass is 369 g/mol. The third-order valence-electron chi connectivity index (χ3n) is 4.48. The summed E-state index contributed by atoms with van der Waals surface area (Å²) in [6.07, 6.45) is 2.77. The van der Waals surface area contributed by atoms with E-state index in [0.717, 1.165) is 24.8 Å². The van der Waals surface area contributed by atoms with Gasteiger partial charge < -0.3 is 13.8 Å². The van der Waals surface area contributed by atoms with Gasteiger partial charge in [-0.2, -0.15) is 8.42 Å². The predicted octanol–water partition coefficient (Wildman–Crippen LogP) is 2.96. The van der Waals surface area contributed by atoms with E-state index in [0.29, 0.717) is 12.3 Å². The predicted molar refractivity (Wildman–Crippen MR) is 96.1 cm³/mol. The van der Waals surface area contributed by atoms with Crippen LogP contribution >= 0.6 is 0 Å². The van der Waals surface area contributed by atoms with Crippen molar-refractivity contribution in [2.75, 3.05) is 12.9 Å². The van der Waals surface area contributed by atoms with Crippen LogP contribution in [0.15, 0.2) is 18.2 Å². The van der Waals surface area contributed by atoms with E-state index in [1.165, 1.54) is 14.0 Å². The van der Waals surface area contributed by atoms with Crippen LogP contribution in [0.3, 0.4) is 0 Å². The number of amides is 1. The molecule has 1 saturated carbocycles. The molecule has 0 spiro atoms. The molecule has 1 unspecified atom stereocenters. The maximum atomic E-state index is 12.6. The van der Waals surface area contributed by atoms with Crippen molar-refractivity contribution < 1.29 is 22.1 Å². The first-order valence-electron chi connectivity index (χ1n) is 8.70. The highest BCUT2D eigenvalue weighted by atomic mass is 32.2. The van der Waals surface area contributed by atoms with Crippen LogP contribution in [0, 0.1) is 5.92 Å². The van der Waals surface area contributed by atoms with Crippen molar-refractivity contribution in [1.29, 1.82) is 0 Å². The lowest BCUT2D eigenvalue weighted by atomic mass is 10.1. The van der Waals surface area contributed by atoms with Crippen molar-refractivity contribution in [3.63, 3.8) is 0 Å². The smallest absolute Gasteiger partial charge is 0.309 e. The van der Waals surface area contributed by atoms with Crippen LogP contribution in [0.2, 0.25) is 0 Å². The normalized spacial score (nSPS) is 15.5. The molecule has 0 N–H and O–H groups in total. The highest BCUT2D eigenvalue weighted by molar-refractivity contribution is 7.87. The fourth-order valence-corrected chi connectivity index (χ4v) is 3.03. The average Bonchev–Trinajstić information content (AvgIpc) is 3.43. The Hall–Kier alpha value is -1.76. The van der Waals surface area contributed by atoms with Crippen molar-refractivity contribution >= 4 is 16.0 Å². The van der Waals surface area contributed by atoms with Gasteiger partial charge in [0.15, 0.2) is 11.5 Å². The van der Waals surface area contributed by atoms with Crippen molar-refractivity contribution in [3.05, 3.63) is 23.8 Å². The fraction of sp³-hybridized carbons (Fsp3) is 0.611. The lowest BCUT2D eigenvalue weighted by molar-refractivity contribution is -0.135. The Morgan fingerprint density at radius 3 is 2.48 bits per heavy atom. The lowest BCUT2D eigenvalue weighted by Crippen LogP contribution is -2.38. The van der Waals surface area contributed by atoms with E-state index < -0.39 is 10.1 Å². The van der Waals surface area contributed by atoms with Gasteiger partial charge in [-0.3, -0.25) is 4.79 Å². The van der Waals surface area contributed by atoms with Gasteiger partial charge in [0, 0.05) is 18.5 Å². The highest BCUT2D eigenvalue weighted by Gasteiger charge is 2.35. The summed E-state index contributed by atoms with van der Waals surface area (Å²) < 4.78 is 33.9. The first kappa shape index (κ1) is 19.6. The zero-order valence-corrected chi connectivity index (χ0v) is 16.1. The summed E-state index contributed by atoms with van der Waals surface area (Å²) in [6, 6.07) is 5.27. The summed E-state index contributed by atoms with van der Waals surface area (Å²) in [7, 11) is -2.19. The standard InChI is InChI=1S/C18H27NO5S/c1-5-13(3)19(18(20)15-8-9-15)12-14-7-10-16(23-4)17(11-14)24-25(21,22)6-2/h7,10-11,13,15H,5-6,8-9,12H2,1-4H3. The third kappa shape index (κ3) is 5.11. The molecule has 1 aromatic rings. The molecule has 0 bridgehead atoms. The van der Waals surface area contributed by atoms with Crippen LogP contribution in [0.1, 0.15) is 45.6 Å². The van der Waals surface area contributed by atoms with Gasteiger partial charge in [-0.15, -0.1) is 0 Å². The Balaban J connectivity index is 2.26. The molecule has 0 radical (unpaired) electrons. The third-order valence-corrected chi connectivity index (χ3v) is 5.62. The van der Waals surface area contributed by atoms with Crippen LogP contribution in [0.4, 0.5) is 0 Å². The van der Waals surface area contributed by atoms with Gasteiger partial charge in [0.05, 0.1) is 12.9 Å². The minimum absolute atomic E-state index is 0.124. The Kier molecular flexibility index (Phi) is 6.32. The number of rotatable bonds is 9. The minimum atomic E-state index is -3.65. The summed E-state index contributed by atoms with van der Waals surface area (Å²) in [5.74, 6) is 0.700. The average molecular weight is 369 g/mol. The first-order chi connectivity index (χ1) is 11.8. The van der Waals surface area contributed by atoms with E-state index >= 15 is 0 Å². The van der Waals surface area contributed by atoms with E-state index in [2.05, 4.69) is 0 Å². The Morgan fingerprint density at radius 1 is 1.28 bits per heavy atom. The molecule has 1 atom stereocenters. The van der Waals surface area contributed by atoms with Crippen LogP contribution < -0.4 is 8.92 Å². The Morgan fingerprint density at radius 2 is 1.96 bits per heavy atom. The van der Waals surface area contributed by atoms with E-state index in [1.807, 2.05) is 24.8 Å². The molecule has 1 aliphatic carbocycles. The largest absolute Gasteiger partial charge is 0.493 e. The minimum Gasteiger partial charge on any atom is -0.493 e. The molecular formula is C18H27NO5S. The molecule has 1 amide bonds. The lowest BCUT2D eigenvalue weighted by Gasteiger charge is -2.29. The van der Waals surface area contributed by atoms with Gasteiger partial charge in [0.2, 0.25) is 5.91 Å². The second-order valence-electron chi connectivity index (χ2n) is 6.41. The van der Waals surface area contributed by atoms with Crippen LogP contribution in [0.25, 0.3) is 0 Å².